The molecule has 0 amide bonds. The van der Waals surface area contributed by atoms with Crippen molar-refractivity contribution < 1.29 is 11.3 Å². The lowest BCUT2D eigenvalue weighted by Crippen LogP contribution is -2.34. The summed E-state index contributed by atoms with van der Waals surface area (Å²) in [6, 6.07) is 13.3. The van der Waals surface area contributed by atoms with E-state index >= 15 is 0 Å². The van der Waals surface area contributed by atoms with E-state index in [0.29, 0.717) is 17.5 Å². The highest BCUT2D eigenvalue weighted by atomic mass is 16.4. The van der Waals surface area contributed by atoms with Crippen molar-refractivity contribution >= 4 is 27.8 Å². The van der Waals surface area contributed by atoms with Gasteiger partial charge in [-0.1, -0.05) is 49.9 Å². The molecular weight excluding hydrogens is 446 g/mol. The molecule has 0 atom stereocenters. The zero-order valence-electron chi connectivity index (χ0n) is 20.9. The number of hydrogen-bond acceptors (Lipinski definition) is 2. The minimum atomic E-state index is -0.850. The molecule has 7 rings (SSSR count). The number of carboxylic acid groups (broad SMARTS) is 1. The molecular formula is C31H37N3O2. The van der Waals surface area contributed by atoms with E-state index in [1.165, 1.54) is 90.0 Å². The van der Waals surface area contributed by atoms with Crippen molar-refractivity contribution in [3.05, 3.63) is 59.3 Å². The summed E-state index contributed by atoms with van der Waals surface area (Å²) >= 11 is 0. The zero-order valence-corrected chi connectivity index (χ0v) is 20.9. The molecule has 2 N–H and O–H groups in total. The van der Waals surface area contributed by atoms with E-state index in [9.17, 15) is 9.90 Å². The third-order valence-electron chi connectivity index (χ3n) is 9.07. The number of aromatic carboxylic acids is 1. The Morgan fingerprint density at radius 1 is 0.972 bits per heavy atom. The number of rotatable bonds is 5. The standard InChI is InChI=1S/C31H35N3O2.H2/c35-31(36)21-13-14-25-27(17-21)34-16-6-15-33-19-22(18-32-23-9-4-10-23)24-11-5-12-26(29(24)33)30(34)28(25)20-7-2-1-3-8-20;/h5,11-14,17,19-20,23,32H,1-4,6-10,15-16,18H2,(H,35,36);1H. The summed E-state index contributed by atoms with van der Waals surface area (Å²) in [4.78, 5) is 11.9. The van der Waals surface area contributed by atoms with Crippen LogP contribution in [0.25, 0.3) is 33.1 Å². The van der Waals surface area contributed by atoms with E-state index in [1.54, 1.807) is 6.07 Å². The summed E-state index contributed by atoms with van der Waals surface area (Å²) in [5.41, 5.74) is 8.33. The molecule has 2 aromatic heterocycles. The third kappa shape index (κ3) is 3.51. The summed E-state index contributed by atoms with van der Waals surface area (Å²) in [5, 5.41) is 16.2. The van der Waals surface area contributed by atoms with Crippen LogP contribution in [-0.2, 0) is 19.6 Å². The van der Waals surface area contributed by atoms with Gasteiger partial charge in [0, 0.05) is 55.2 Å². The van der Waals surface area contributed by atoms with Gasteiger partial charge in [-0.2, -0.15) is 0 Å². The number of benzene rings is 2. The molecule has 5 nitrogen and oxygen atoms in total. The van der Waals surface area contributed by atoms with Crippen LogP contribution in [0.2, 0.25) is 0 Å². The van der Waals surface area contributed by atoms with Crippen molar-refractivity contribution in [3.8, 4) is 11.3 Å². The van der Waals surface area contributed by atoms with E-state index in [1.807, 2.05) is 6.07 Å². The van der Waals surface area contributed by atoms with Gasteiger partial charge in [-0.05, 0) is 61.3 Å². The van der Waals surface area contributed by atoms with Gasteiger partial charge in [0.2, 0.25) is 0 Å². The lowest BCUT2D eigenvalue weighted by molar-refractivity contribution is 0.0697. The first-order chi connectivity index (χ1) is 17.7. The number of fused-ring (bicyclic) bond motifs is 4. The topological polar surface area (TPSA) is 59.2 Å². The molecule has 3 heterocycles. The summed E-state index contributed by atoms with van der Waals surface area (Å²) in [6.07, 6.45) is 13.7. The van der Waals surface area contributed by atoms with Crippen LogP contribution in [0, 0.1) is 0 Å². The minimum absolute atomic E-state index is 0. The van der Waals surface area contributed by atoms with Crippen LogP contribution in [0.5, 0.6) is 0 Å². The van der Waals surface area contributed by atoms with Crippen LogP contribution in [-0.4, -0.2) is 26.3 Å². The van der Waals surface area contributed by atoms with Gasteiger partial charge in [0.1, 0.15) is 0 Å². The second-order valence-corrected chi connectivity index (χ2v) is 11.2. The molecule has 4 aromatic rings. The van der Waals surface area contributed by atoms with Crippen molar-refractivity contribution in [3.63, 3.8) is 0 Å². The number of hydrogen-bond donors (Lipinski definition) is 2. The van der Waals surface area contributed by atoms with Crippen molar-refractivity contribution in [2.75, 3.05) is 0 Å². The smallest absolute Gasteiger partial charge is 0.335 e. The van der Waals surface area contributed by atoms with E-state index in [0.717, 1.165) is 31.6 Å². The Balaban J connectivity index is 0.00000252. The van der Waals surface area contributed by atoms with Crippen LogP contribution in [0.1, 0.15) is 86.6 Å². The molecule has 1 aliphatic heterocycles. The Morgan fingerprint density at radius 3 is 2.61 bits per heavy atom. The molecule has 2 fully saturated rings. The zero-order chi connectivity index (χ0) is 24.2. The maximum absolute atomic E-state index is 11.9. The van der Waals surface area contributed by atoms with E-state index < -0.39 is 5.97 Å². The van der Waals surface area contributed by atoms with Gasteiger partial charge < -0.3 is 19.6 Å². The van der Waals surface area contributed by atoms with Gasteiger partial charge in [-0.3, -0.25) is 0 Å². The number of aryl methyl sites for hydroxylation is 2. The fraction of sp³-hybridized carbons (Fsp3) is 0.452. The highest BCUT2D eigenvalue weighted by Gasteiger charge is 2.29. The van der Waals surface area contributed by atoms with E-state index in [4.69, 9.17) is 0 Å². The summed E-state index contributed by atoms with van der Waals surface area (Å²) in [6.45, 7) is 2.82. The van der Waals surface area contributed by atoms with Crippen LogP contribution < -0.4 is 5.32 Å². The normalized spacial score (nSPS) is 18.7. The van der Waals surface area contributed by atoms with E-state index in [2.05, 4.69) is 44.9 Å². The van der Waals surface area contributed by atoms with Crippen LogP contribution in [0.15, 0.2) is 42.6 Å². The number of nitrogens with zero attached hydrogens (tertiary/aromatic N) is 2. The highest BCUT2D eigenvalue weighted by Crippen LogP contribution is 2.47. The SMILES string of the molecule is O=C(O)c1ccc2c(C3CCCCC3)c3n(c2c1)CCCn1cc(CNC2CCC2)c2cccc-3c21.[HH]. The second kappa shape index (κ2) is 8.81. The van der Waals surface area contributed by atoms with Crippen molar-refractivity contribution in [2.45, 2.75) is 89.4 Å². The van der Waals surface area contributed by atoms with Gasteiger partial charge in [0.15, 0.2) is 0 Å². The van der Waals surface area contributed by atoms with Crippen molar-refractivity contribution in [1.29, 1.82) is 0 Å². The fourth-order valence-corrected chi connectivity index (χ4v) is 7.04. The Bertz CT molecular complexity index is 1470. The number of carboxylic acids is 1. The van der Waals surface area contributed by atoms with Crippen LogP contribution in [0.4, 0.5) is 0 Å². The molecule has 188 valence electrons. The average Bonchev–Trinajstić information content (AvgIpc) is 3.37. The monoisotopic (exact) mass is 483 g/mol. The molecule has 0 saturated heterocycles. The number of aromatic nitrogens is 2. The quantitative estimate of drug-likeness (QED) is 0.313. The van der Waals surface area contributed by atoms with Gasteiger partial charge >= 0.3 is 5.97 Å². The lowest BCUT2D eigenvalue weighted by Gasteiger charge is -2.26. The van der Waals surface area contributed by atoms with E-state index in [-0.39, 0.29) is 1.43 Å². The average molecular weight is 484 g/mol. The predicted molar refractivity (Wildman–Crippen MR) is 147 cm³/mol. The minimum Gasteiger partial charge on any atom is -0.478 e. The molecule has 36 heavy (non-hydrogen) atoms. The Morgan fingerprint density at radius 2 is 1.83 bits per heavy atom. The molecule has 2 aromatic carbocycles. The first kappa shape index (κ1) is 22.2. The Hall–Kier alpha value is -3.05. The van der Waals surface area contributed by atoms with Crippen LogP contribution >= 0.6 is 0 Å². The highest BCUT2D eigenvalue weighted by molar-refractivity contribution is 6.03. The van der Waals surface area contributed by atoms with Gasteiger partial charge in [-0.25, -0.2) is 4.79 Å². The molecule has 3 aliphatic rings. The predicted octanol–water partition coefficient (Wildman–Crippen LogP) is 7.30. The third-order valence-corrected chi connectivity index (χ3v) is 9.07. The largest absolute Gasteiger partial charge is 0.478 e. The first-order valence-corrected chi connectivity index (χ1v) is 13.9. The Labute approximate surface area is 213 Å². The van der Waals surface area contributed by atoms with Crippen molar-refractivity contribution in [1.82, 2.24) is 14.5 Å². The lowest BCUT2D eigenvalue weighted by atomic mass is 9.81. The Kier molecular flexibility index (Phi) is 5.42. The molecule has 5 heteroatoms. The van der Waals surface area contributed by atoms with Gasteiger partial charge in [0.05, 0.1) is 16.8 Å². The van der Waals surface area contributed by atoms with Gasteiger partial charge in [-0.15, -0.1) is 0 Å². The first-order valence-electron chi connectivity index (χ1n) is 13.9. The van der Waals surface area contributed by atoms with Crippen LogP contribution in [0.3, 0.4) is 0 Å². The second-order valence-electron chi connectivity index (χ2n) is 11.2. The number of carbonyl (C=O) groups is 1. The summed E-state index contributed by atoms with van der Waals surface area (Å²) < 4.78 is 4.96. The van der Waals surface area contributed by atoms with Crippen molar-refractivity contribution in [2.24, 2.45) is 0 Å². The maximum Gasteiger partial charge on any atom is 0.335 e. The molecule has 2 saturated carbocycles. The summed E-state index contributed by atoms with van der Waals surface area (Å²) in [5.74, 6) is -0.317. The molecule has 0 spiro atoms. The van der Waals surface area contributed by atoms with Gasteiger partial charge in [0.25, 0.3) is 0 Å². The molecule has 0 unspecified atom stereocenters. The number of para-hydroxylation sites is 1. The fourth-order valence-electron chi connectivity index (χ4n) is 7.04. The maximum atomic E-state index is 11.9. The summed E-state index contributed by atoms with van der Waals surface area (Å²) in [7, 11) is 0. The molecule has 0 bridgehead atoms. The number of nitrogens with one attached hydrogen (secondary N) is 1. The molecule has 0 radical (unpaired) electrons. The molecule has 2 aliphatic carbocycles.